The fraction of sp³-hybridized carbons (Fsp3) is 0.161. The highest BCUT2D eigenvalue weighted by atomic mass is 32.2. The number of benzene rings is 4. The number of carbonyl (C=O) groups is 2. The van der Waals surface area contributed by atoms with Gasteiger partial charge in [-0.3, -0.25) is 9.59 Å². The summed E-state index contributed by atoms with van der Waals surface area (Å²) < 4.78 is 55.5. The van der Waals surface area contributed by atoms with Gasteiger partial charge in [0.05, 0.1) is 27.6 Å². The SMILES string of the molecule is O=C(c1ccc2c(c1)N(Cc1ccccc1F)C(=O)c1ccccc1S2(=O)=O)N1CCN(c2ccc(F)cc2)CC1. The van der Waals surface area contributed by atoms with Gasteiger partial charge in [-0.1, -0.05) is 30.3 Å². The maximum absolute atomic E-state index is 14.7. The Bertz CT molecular complexity index is 1770. The van der Waals surface area contributed by atoms with Crippen LogP contribution in [0.3, 0.4) is 0 Å². The van der Waals surface area contributed by atoms with Gasteiger partial charge in [-0.05, 0) is 60.7 Å². The lowest BCUT2D eigenvalue weighted by molar-refractivity contribution is 0.0746. The van der Waals surface area contributed by atoms with E-state index in [4.69, 9.17) is 0 Å². The number of sulfone groups is 1. The number of halogens is 2. The Kier molecular flexibility index (Phi) is 6.78. The van der Waals surface area contributed by atoms with Crippen LogP contribution in [0.25, 0.3) is 0 Å². The Hall–Kier alpha value is -4.57. The van der Waals surface area contributed by atoms with Gasteiger partial charge in [0, 0.05) is 43.0 Å². The van der Waals surface area contributed by atoms with Crippen LogP contribution in [-0.2, 0) is 16.4 Å². The van der Waals surface area contributed by atoms with E-state index in [-0.39, 0.29) is 50.4 Å². The lowest BCUT2D eigenvalue weighted by Crippen LogP contribution is -2.48. The molecule has 208 valence electrons. The van der Waals surface area contributed by atoms with E-state index in [2.05, 4.69) is 4.90 Å². The Labute approximate surface area is 236 Å². The fourth-order valence-electron chi connectivity index (χ4n) is 5.30. The summed E-state index contributed by atoms with van der Waals surface area (Å²) in [5, 5.41) is 0. The zero-order chi connectivity index (χ0) is 28.7. The standard InChI is InChI=1S/C31H25F2N3O4S/c32-23-10-12-24(13-11-23)34-15-17-35(18-16-34)30(37)21-9-14-29-27(19-21)36(20-22-5-1-3-7-26(22)33)31(38)25-6-2-4-8-28(25)41(29,39)40/h1-14,19H,15-18,20H2. The molecule has 0 aliphatic carbocycles. The molecule has 0 spiro atoms. The summed E-state index contributed by atoms with van der Waals surface area (Å²) >= 11 is 0. The van der Waals surface area contributed by atoms with Crippen molar-refractivity contribution in [1.29, 1.82) is 0 Å². The van der Waals surface area contributed by atoms with Gasteiger partial charge in [-0.15, -0.1) is 0 Å². The lowest BCUT2D eigenvalue weighted by atomic mass is 10.1. The van der Waals surface area contributed by atoms with E-state index in [1.165, 1.54) is 65.6 Å². The molecular formula is C31H25F2N3O4S. The number of fused-ring (bicyclic) bond motifs is 2. The molecule has 4 aromatic carbocycles. The number of amides is 2. The second kappa shape index (κ2) is 10.4. The van der Waals surface area contributed by atoms with Crippen molar-refractivity contribution in [3.05, 3.63) is 119 Å². The smallest absolute Gasteiger partial charge is 0.259 e. The minimum absolute atomic E-state index is 0.0188. The first-order chi connectivity index (χ1) is 19.7. The van der Waals surface area contributed by atoms with E-state index < -0.39 is 21.6 Å². The van der Waals surface area contributed by atoms with Gasteiger partial charge in [0.2, 0.25) is 9.84 Å². The van der Waals surface area contributed by atoms with Gasteiger partial charge in [0.25, 0.3) is 11.8 Å². The van der Waals surface area contributed by atoms with Crippen LogP contribution in [0.15, 0.2) is 101 Å². The summed E-state index contributed by atoms with van der Waals surface area (Å²) in [6.45, 7) is 1.63. The maximum Gasteiger partial charge on any atom is 0.259 e. The molecule has 0 bridgehead atoms. The van der Waals surface area contributed by atoms with Crippen LogP contribution < -0.4 is 9.80 Å². The lowest BCUT2D eigenvalue weighted by Gasteiger charge is -2.36. The molecule has 41 heavy (non-hydrogen) atoms. The minimum Gasteiger partial charge on any atom is -0.368 e. The highest BCUT2D eigenvalue weighted by Crippen LogP contribution is 2.38. The summed E-state index contributed by atoms with van der Waals surface area (Å²) in [5.41, 5.74) is 1.27. The summed E-state index contributed by atoms with van der Waals surface area (Å²) in [5.74, 6) is -1.78. The third-order valence-electron chi connectivity index (χ3n) is 7.48. The number of anilines is 2. The zero-order valence-corrected chi connectivity index (χ0v) is 22.7. The number of piperazine rings is 1. The molecule has 0 atom stereocenters. The summed E-state index contributed by atoms with van der Waals surface area (Å²) in [6.07, 6.45) is 0. The minimum atomic E-state index is -4.13. The first kappa shape index (κ1) is 26.6. The molecule has 0 unspecified atom stereocenters. The summed E-state index contributed by atoms with van der Waals surface area (Å²) in [6, 6.07) is 22.3. The third-order valence-corrected chi connectivity index (χ3v) is 9.34. The number of carbonyl (C=O) groups excluding carboxylic acids is 2. The Morgan fingerprint density at radius 1 is 0.780 bits per heavy atom. The van der Waals surface area contributed by atoms with E-state index in [0.717, 1.165) is 5.69 Å². The average Bonchev–Trinajstić information content (AvgIpc) is 3.06. The van der Waals surface area contributed by atoms with Crippen LogP contribution in [0.2, 0.25) is 0 Å². The van der Waals surface area contributed by atoms with Gasteiger partial charge in [-0.2, -0.15) is 0 Å². The van der Waals surface area contributed by atoms with Crippen molar-refractivity contribution in [2.24, 2.45) is 0 Å². The van der Waals surface area contributed by atoms with Crippen molar-refractivity contribution in [3.63, 3.8) is 0 Å². The van der Waals surface area contributed by atoms with Crippen LogP contribution >= 0.6 is 0 Å². The van der Waals surface area contributed by atoms with E-state index >= 15 is 0 Å². The largest absolute Gasteiger partial charge is 0.368 e. The molecule has 10 heteroatoms. The van der Waals surface area contributed by atoms with Crippen LogP contribution in [-0.4, -0.2) is 51.3 Å². The molecule has 0 N–H and O–H groups in total. The predicted molar refractivity (Wildman–Crippen MR) is 150 cm³/mol. The third kappa shape index (κ3) is 4.84. The van der Waals surface area contributed by atoms with Crippen molar-refractivity contribution in [1.82, 2.24) is 4.90 Å². The number of hydrogen-bond donors (Lipinski definition) is 0. The van der Waals surface area contributed by atoms with Crippen LogP contribution in [0, 0.1) is 11.6 Å². The van der Waals surface area contributed by atoms with Crippen LogP contribution in [0.1, 0.15) is 26.3 Å². The molecule has 6 rings (SSSR count). The van der Waals surface area contributed by atoms with Gasteiger partial charge in [-0.25, -0.2) is 17.2 Å². The predicted octanol–water partition coefficient (Wildman–Crippen LogP) is 4.92. The number of rotatable bonds is 4. The van der Waals surface area contributed by atoms with Crippen molar-refractivity contribution in [2.45, 2.75) is 16.3 Å². The van der Waals surface area contributed by atoms with Gasteiger partial charge in [0.15, 0.2) is 0 Å². The molecule has 2 amide bonds. The number of nitrogens with zero attached hydrogens (tertiary/aromatic N) is 3. The zero-order valence-electron chi connectivity index (χ0n) is 21.8. The summed E-state index contributed by atoms with van der Waals surface area (Å²) in [4.78, 5) is 32.0. The molecule has 2 aliphatic rings. The Morgan fingerprint density at radius 2 is 1.46 bits per heavy atom. The van der Waals surface area contributed by atoms with Gasteiger partial charge >= 0.3 is 0 Å². The second-order valence-electron chi connectivity index (χ2n) is 9.92. The molecule has 0 saturated carbocycles. The van der Waals surface area contributed by atoms with Crippen molar-refractivity contribution in [2.75, 3.05) is 36.0 Å². The van der Waals surface area contributed by atoms with Gasteiger partial charge in [0.1, 0.15) is 11.6 Å². The van der Waals surface area contributed by atoms with E-state index in [0.29, 0.717) is 26.2 Å². The first-order valence-electron chi connectivity index (χ1n) is 13.1. The molecule has 0 aromatic heterocycles. The quantitative estimate of drug-likeness (QED) is 0.347. The topological polar surface area (TPSA) is 78.0 Å². The maximum atomic E-state index is 14.7. The van der Waals surface area contributed by atoms with Gasteiger partial charge < -0.3 is 14.7 Å². The Balaban J connectivity index is 1.35. The molecule has 1 fully saturated rings. The first-order valence-corrected chi connectivity index (χ1v) is 14.6. The Morgan fingerprint density at radius 3 is 2.20 bits per heavy atom. The highest BCUT2D eigenvalue weighted by Gasteiger charge is 2.36. The van der Waals surface area contributed by atoms with Crippen molar-refractivity contribution < 1.29 is 26.8 Å². The molecular weight excluding hydrogens is 548 g/mol. The molecule has 1 saturated heterocycles. The van der Waals surface area contributed by atoms with E-state index in [1.807, 2.05) is 0 Å². The second-order valence-corrected chi connectivity index (χ2v) is 11.8. The fourth-order valence-corrected chi connectivity index (χ4v) is 6.93. The molecule has 2 heterocycles. The number of hydrogen-bond acceptors (Lipinski definition) is 5. The normalized spacial score (nSPS) is 16.1. The summed E-state index contributed by atoms with van der Waals surface area (Å²) in [7, 11) is -4.13. The highest BCUT2D eigenvalue weighted by molar-refractivity contribution is 7.91. The molecule has 7 nitrogen and oxygen atoms in total. The van der Waals surface area contributed by atoms with E-state index in [9.17, 15) is 26.8 Å². The van der Waals surface area contributed by atoms with E-state index in [1.54, 1.807) is 35.2 Å². The van der Waals surface area contributed by atoms with Crippen molar-refractivity contribution in [3.8, 4) is 0 Å². The van der Waals surface area contributed by atoms with Crippen molar-refractivity contribution >= 4 is 33.0 Å². The average molecular weight is 574 g/mol. The molecule has 2 aliphatic heterocycles. The molecule has 4 aromatic rings. The van der Waals surface area contributed by atoms with Crippen LogP contribution in [0.4, 0.5) is 20.2 Å². The van der Waals surface area contributed by atoms with Crippen LogP contribution in [0.5, 0.6) is 0 Å². The monoisotopic (exact) mass is 573 g/mol. The molecule has 0 radical (unpaired) electrons.